The van der Waals surface area contributed by atoms with Gasteiger partial charge in [-0.3, -0.25) is 14.9 Å². The highest BCUT2D eigenvalue weighted by Gasteiger charge is 2.24. The smallest absolute Gasteiger partial charge is 0.273 e. The Bertz CT molecular complexity index is 742. The summed E-state index contributed by atoms with van der Waals surface area (Å²) in [5.74, 6) is -0.461. The van der Waals surface area contributed by atoms with Crippen LogP contribution in [0.3, 0.4) is 0 Å². The number of amides is 1. The lowest BCUT2D eigenvalue weighted by Crippen LogP contribution is -2.38. The summed E-state index contributed by atoms with van der Waals surface area (Å²) in [6, 6.07) is 13.4. The molecule has 24 heavy (non-hydrogen) atoms. The maximum absolute atomic E-state index is 12.3. The number of nitro groups is 1. The first-order valence-electron chi connectivity index (χ1n) is 7.68. The Morgan fingerprint density at radius 1 is 1.25 bits per heavy atom. The van der Waals surface area contributed by atoms with Gasteiger partial charge in [0, 0.05) is 17.2 Å². The van der Waals surface area contributed by atoms with Crippen molar-refractivity contribution >= 4 is 11.6 Å². The van der Waals surface area contributed by atoms with Gasteiger partial charge in [-0.05, 0) is 25.0 Å². The highest BCUT2D eigenvalue weighted by atomic mass is 16.6. The van der Waals surface area contributed by atoms with Gasteiger partial charge in [0.2, 0.25) is 0 Å². The first-order valence-corrected chi connectivity index (χ1v) is 7.68. The lowest BCUT2D eigenvalue weighted by molar-refractivity contribution is -0.385. The molecule has 1 atom stereocenters. The lowest BCUT2D eigenvalue weighted by Gasteiger charge is -2.24. The molecule has 0 saturated heterocycles. The van der Waals surface area contributed by atoms with E-state index in [4.69, 9.17) is 0 Å². The van der Waals surface area contributed by atoms with Crippen molar-refractivity contribution in [2.24, 2.45) is 0 Å². The Balaban J connectivity index is 2.13. The van der Waals surface area contributed by atoms with Gasteiger partial charge in [0.25, 0.3) is 11.6 Å². The fraction of sp³-hybridized carbons (Fsp3) is 0.278. The van der Waals surface area contributed by atoms with Crippen LogP contribution in [0.25, 0.3) is 0 Å². The van der Waals surface area contributed by atoms with Gasteiger partial charge in [-0.2, -0.15) is 0 Å². The molecule has 0 fully saturated rings. The predicted octanol–water partition coefficient (Wildman–Crippen LogP) is 2.79. The average Bonchev–Trinajstić information content (AvgIpc) is 2.59. The van der Waals surface area contributed by atoms with Crippen molar-refractivity contribution in [2.75, 3.05) is 6.54 Å². The number of hydrogen-bond donors (Lipinski definition) is 2. The van der Waals surface area contributed by atoms with Gasteiger partial charge in [-0.25, -0.2) is 0 Å². The zero-order valence-electron chi connectivity index (χ0n) is 13.7. The summed E-state index contributed by atoms with van der Waals surface area (Å²) < 4.78 is 0. The third-order valence-electron chi connectivity index (χ3n) is 3.91. The van der Waals surface area contributed by atoms with E-state index in [1.807, 2.05) is 13.0 Å². The van der Waals surface area contributed by atoms with E-state index >= 15 is 0 Å². The van der Waals surface area contributed by atoms with Crippen molar-refractivity contribution in [3.8, 4) is 0 Å². The van der Waals surface area contributed by atoms with Crippen LogP contribution >= 0.6 is 0 Å². The van der Waals surface area contributed by atoms with Crippen LogP contribution in [0.15, 0.2) is 48.5 Å². The van der Waals surface area contributed by atoms with Gasteiger partial charge in [0.1, 0.15) is 5.60 Å². The molecule has 2 N–H and O–H groups in total. The summed E-state index contributed by atoms with van der Waals surface area (Å²) in [5, 5.41) is 24.2. The van der Waals surface area contributed by atoms with Crippen LogP contribution in [0, 0.1) is 10.1 Å². The highest BCUT2D eigenvalue weighted by molar-refractivity contribution is 5.95. The molecule has 0 spiro atoms. The van der Waals surface area contributed by atoms with Crippen molar-refractivity contribution in [2.45, 2.75) is 25.9 Å². The molecule has 0 aliphatic heterocycles. The molecule has 2 aromatic carbocycles. The maximum Gasteiger partial charge on any atom is 0.273 e. The van der Waals surface area contributed by atoms with E-state index in [9.17, 15) is 20.0 Å². The molecule has 0 aliphatic rings. The number of nitro benzene ring substituents is 1. The molecule has 1 amide bonds. The highest BCUT2D eigenvalue weighted by Crippen LogP contribution is 2.22. The summed E-state index contributed by atoms with van der Waals surface area (Å²) in [4.78, 5) is 22.9. The molecule has 0 saturated carbocycles. The minimum absolute atomic E-state index is 0.000820. The van der Waals surface area contributed by atoms with Crippen LogP contribution in [0.5, 0.6) is 0 Å². The Morgan fingerprint density at radius 3 is 2.50 bits per heavy atom. The summed E-state index contributed by atoms with van der Waals surface area (Å²) in [6.07, 6.45) is 0.515. The molecule has 0 aliphatic carbocycles. The van der Waals surface area contributed by atoms with Crippen LogP contribution in [0.4, 0.5) is 5.69 Å². The number of carbonyl (C=O) groups is 1. The topological polar surface area (TPSA) is 92.5 Å². The van der Waals surface area contributed by atoms with Crippen LogP contribution in [-0.4, -0.2) is 22.5 Å². The van der Waals surface area contributed by atoms with E-state index in [0.717, 1.165) is 0 Å². The predicted molar refractivity (Wildman–Crippen MR) is 90.8 cm³/mol. The average molecular weight is 328 g/mol. The van der Waals surface area contributed by atoms with Crippen LogP contribution in [0.2, 0.25) is 0 Å². The quantitative estimate of drug-likeness (QED) is 0.630. The molecule has 0 heterocycles. The summed E-state index contributed by atoms with van der Waals surface area (Å²) in [7, 11) is 0. The second kappa shape index (κ2) is 7.23. The van der Waals surface area contributed by atoms with Gasteiger partial charge in [-0.1, -0.05) is 43.3 Å². The second-order valence-electron chi connectivity index (χ2n) is 5.78. The van der Waals surface area contributed by atoms with E-state index < -0.39 is 16.4 Å². The first kappa shape index (κ1) is 17.6. The normalized spacial score (nSPS) is 13.1. The molecular weight excluding hydrogens is 308 g/mol. The van der Waals surface area contributed by atoms with Gasteiger partial charge in [-0.15, -0.1) is 0 Å². The van der Waals surface area contributed by atoms with Gasteiger partial charge in [0.05, 0.1) is 11.5 Å². The number of carbonyl (C=O) groups excluding carboxylic acids is 1. The summed E-state index contributed by atoms with van der Waals surface area (Å²) in [6.45, 7) is 3.42. The number of rotatable bonds is 6. The number of nitrogens with one attached hydrogen (secondary N) is 1. The fourth-order valence-electron chi connectivity index (χ4n) is 2.43. The van der Waals surface area contributed by atoms with E-state index in [-0.39, 0.29) is 17.8 Å². The summed E-state index contributed by atoms with van der Waals surface area (Å²) >= 11 is 0. The number of aliphatic hydroxyl groups is 1. The Morgan fingerprint density at radius 2 is 1.92 bits per heavy atom. The molecule has 2 aromatic rings. The standard InChI is InChI=1S/C18H20N2O4/c1-3-13-9-10-14(11-16(13)20(23)24)17(21)19-12-18(2,22)15-7-5-4-6-8-15/h4-11,22H,3,12H2,1-2H3,(H,19,21). The van der Waals surface area contributed by atoms with Crippen molar-refractivity contribution < 1.29 is 14.8 Å². The monoisotopic (exact) mass is 328 g/mol. The zero-order valence-corrected chi connectivity index (χ0v) is 13.7. The molecular formula is C18H20N2O4. The molecule has 126 valence electrons. The minimum atomic E-state index is -1.23. The van der Waals surface area contributed by atoms with E-state index in [2.05, 4.69) is 5.32 Å². The summed E-state index contributed by atoms with van der Waals surface area (Å²) in [5.41, 5.74) is 0.153. The Labute approximate surface area is 140 Å². The van der Waals surface area contributed by atoms with E-state index in [1.165, 1.54) is 6.07 Å². The van der Waals surface area contributed by atoms with E-state index in [1.54, 1.807) is 43.3 Å². The first-order chi connectivity index (χ1) is 11.3. The third kappa shape index (κ3) is 3.97. The zero-order chi connectivity index (χ0) is 17.7. The molecule has 6 heteroatoms. The molecule has 1 unspecified atom stereocenters. The number of hydrogen-bond acceptors (Lipinski definition) is 4. The van der Waals surface area contributed by atoms with Crippen LogP contribution in [0.1, 0.15) is 35.3 Å². The van der Waals surface area contributed by atoms with E-state index in [0.29, 0.717) is 17.5 Å². The van der Waals surface area contributed by atoms with Gasteiger partial charge >= 0.3 is 0 Å². The SMILES string of the molecule is CCc1ccc(C(=O)NCC(C)(O)c2ccccc2)cc1[N+](=O)[O-]. The molecule has 0 radical (unpaired) electrons. The molecule has 0 bridgehead atoms. The third-order valence-corrected chi connectivity index (χ3v) is 3.91. The largest absolute Gasteiger partial charge is 0.384 e. The van der Waals surface area contributed by atoms with Crippen molar-refractivity contribution in [3.05, 3.63) is 75.3 Å². The number of aryl methyl sites for hydroxylation is 1. The minimum Gasteiger partial charge on any atom is -0.384 e. The van der Waals surface area contributed by atoms with Crippen molar-refractivity contribution in [1.29, 1.82) is 0 Å². The van der Waals surface area contributed by atoms with Gasteiger partial charge in [0.15, 0.2) is 0 Å². The van der Waals surface area contributed by atoms with Gasteiger partial charge < -0.3 is 10.4 Å². The Hall–Kier alpha value is -2.73. The molecule has 0 aromatic heterocycles. The Kier molecular flexibility index (Phi) is 5.31. The molecule has 2 rings (SSSR count). The fourth-order valence-corrected chi connectivity index (χ4v) is 2.43. The second-order valence-corrected chi connectivity index (χ2v) is 5.78. The van der Waals surface area contributed by atoms with Crippen molar-refractivity contribution in [1.82, 2.24) is 5.32 Å². The maximum atomic E-state index is 12.3. The number of benzene rings is 2. The van der Waals surface area contributed by atoms with Crippen LogP contribution in [-0.2, 0) is 12.0 Å². The van der Waals surface area contributed by atoms with Crippen LogP contribution < -0.4 is 5.32 Å². The molecule has 6 nitrogen and oxygen atoms in total. The number of nitrogens with zero attached hydrogens (tertiary/aromatic N) is 1. The lowest BCUT2D eigenvalue weighted by atomic mass is 9.96. The van der Waals surface area contributed by atoms with Crippen molar-refractivity contribution in [3.63, 3.8) is 0 Å².